The van der Waals surface area contributed by atoms with Crippen molar-refractivity contribution in [3.05, 3.63) is 0 Å². The molecule has 0 aromatic rings. The quantitative estimate of drug-likeness (QED) is 0.647. The molecular formula is C18H32O. The lowest BCUT2D eigenvalue weighted by Crippen LogP contribution is -2.55. The highest BCUT2D eigenvalue weighted by molar-refractivity contribution is 5.06. The van der Waals surface area contributed by atoms with Gasteiger partial charge in [0.1, 0.15) is 0 Å². The first-order valence-electron chi connectivity index (χ1n) is 8.91. The second-order valence-electron chi connectivity index (χ2n) is 7.93. The standard InChI is InChI=1S/C18H32O/c1-2-3-4-5-6-7-8-18-12-14-9-15(13-18)11-16(10-14)17(18)19/h14-17,19H,2-13H2,1H3/t14-,15+,16?,17?,18?. The van der Waals surface area contributed by atoms with Gasteiger partial charge in [-0.2, -0.15) is 0 Å². The Kier molecular flexibility index (Phi) is 4.22. The van der Waals surface area contributed by atoms with Crippen molar-refractivity contribution in [2.24, 2.45) is 23.2 Å². The van der Waals surface area contributed by atoms with Crippen molar-refractivity contribution >= 4 is 0 Å². The second kappa shape index (κ2) is 5.76. The highest BCUT2D eigenvalue weighted by atomic mass is 16.3. The Bertz CT molecular complexity index is 284. The van der Waals surface area contributed by atoms with Gasteiger partial charge in [0.2, 0.25) is 0 Å². The summed E-state index contributed by atoms with van der Waals surface area (Å²) < 4.78 is 0. The van der Waals surface area contributed by atoms with Gasteiger partial charge in [-0.1, -0.05) is 45.4 Å². The molecule has 0 spiro atoms. The summed E-state index contributed by atoms with van der Waals surface area (Å²) in [6.07, 6.45) is 16.6. The van der Waals surface area contributed by atoms with Crippen LogP contribution in [0.3, 0.4) is 0 Å². The molecule has 4 rings (SSSR count). The Labute approximate surface area is 119 Å². The molecular weight excluding hydrogens is 232 g/mol. The minimum Gasteiger partial charge on any atom is -0.392 e. The van der Waals surface area contributed by atoms with E-state index in [0.717, 1.165) is 11.8 Å². The highest BCUT2D eigenvalue weighted by Gasteiger charge is 2.55. The van der Waals surface area contributed by atoms with Crippen LogP contribution in [0.5, 0.6) is 0 Å². The molecule has 3 unspecified atom stereocenters. The number of aliphatic hydroxyl groups excluding tert-OH is 1. The topological polar surface area (TPSA) is 20.2 Å². The number of unbranched alkanes of at least 4 members (excludes halogenated alkanes) is 5. The molecule has 0 heterocycles. The fraction of sp³-hybridized carbons (Fsp3) is 1.00. The molecule has 0 saturated heterocycles. The van der Waals surface area contributed by atoms with Crippen molar-refractivity contribution in [1.29, 1.82) is 0 Å². The molecule has 0 aromatic carbocycles. The summed E-state index contributed by atoms with van der Waals surface area (Å²) in [6, 6.07) is 0. The molecule has 19 heavy (non-hydrogen) atoms. The van der Waals surface area contributed by atoms with Gasteiger partial charge in [-0.15, -0.1) is 0 Å². The van der Waals surface area contributed by atoms with Crippen LogP contribution in [0.4, 0.5) is 0 Å². The highest BCUT2D eigenvalue weighted by Crippen LogP contribution is 2.61. The van der Waals surface area contributed by atoms with Crippen molar-refractivity contribution in [3.63, 3.8) is 0 Å². The first-order chi connectivity index (χ1) is 9.23. The first-order valence-corrected chi connectivity index (χ1v) is 8.91. The first kappa shape index (κ1) is 13.9. The second-order valence-corrected chi connectivity index (χ2v) is 7.93. The summed E-state index contributed by atoms with van der Waals surface area (Å²) >= 11 is 0. The Morgan fingerprint density at radius 2 is 1.53 bits per heavy atom. The van der Waals surface area contributed by atoms with E-state index >= 15 is 0 Å². The van der Waals surface area contributed by atoms with Crippen molar-refractivity contribution in [1.82, 2.24) is 0 Å². The lowest BCUT2D eigenvalue weighted by Gasteiger charge is -2.60. The molecule has 110 valence electrons. The van der Waals surface area contributed by atoms with Crippen LogP contribution in [0.2, 0.25) is 0 Å². The van der Waals surface area contributed by atoms with Gasteiger partial charge in [0.25, 0.3) is 0 Å². The van der Waals surface area contributed by atoms with Gasteiger partial charge < -0.3 is 5.11 Å². The van der Waals surface area contributed by atoms with Gasteiger partial charge in [-0.3, -0.25) is 0 Å². The van der Waals surface area contributed by atoms with E-state index in [-0.39, 0.29) is 6.10 Å². The predicted octanol–water partition coefficient (Wildman–Crippen LogP) is 4.92. The van der Waals surface area contributed by atoms with Crippen molar-refractivity contribution in [2.45, 2.75) is 90.1 Å². The van der Waals surface area contributed by atoms with Crippen LogP contribution < -0.4 is 0 Å². The smallest absolute Gasteiger partial charge is 0.0624 e. The van der Waals surface area contributed by atoms with Crippen LogP contribution in [0, 0.1) is 23.2 Å². The largest absolute Gasteiger partial charge is 0.392 e. The molecule has 1 nitrogen and oxygen atoms in total. The van der Waals surface area contributed by atoms with Crippen LogP contribution in [0.15, 0.2) is 0 Å². The number of hydrogen-bond acceptors (Lipinski definition) is 1. The third-order valence-corrected chi connectivity index (χ3v) is 6.43. The summed E-state index contributed by atoms with van der Waals surface area (Å²) in [4.78, 5) is 0. The molecule has 5 atom stereocenters. The maximum Gasteiger partial charge on any atom is 0.0624 e. The third kappa shape index (κ3) is 2.73. The zero-order chi connectivity index (χ0) is 13.3. The minimum atomic E-state index is 0.0518. The predicted molar refractivity (Wildman–Crippen MR) is 80.0 cm³/mol. The lowest BCUT2D eigenvalue weighted by atomic mass is 9.47. The van der Waals surface area contributed by atoms with E-state index in [4.69, 9.17) is 0 Å². The van der Waals surface area contributed by atoms with E-state index < -0.39 is 0 Å². The molecule has 1 heteroatoms. The van der Waals surface area contributed by atoms with Crippen LogP contribution in [-0.2, 0) is 0 Å². The number of rotatable bonds is 7. The van der Waals surface area contributed by atoms with Crippen molar-refractivity contribution in [3.8, 4) is 0 Å². The Morgan fingerprint density at radius 3 is 2.21 bits per heavy atom. The summed E-state index contributed by atoms with van der Waals surface area (Å²) in [7, 11) is 0. The monoisotopic (exact) mass is 264 g/mol. The molecule has 0 aliphatic heterocycles. The third-order valence-electron chi connectivity index (χ3n) is 6.43. The summed E-state index contributed by atoms with van der Waals surface area (Å²) in [5.41, 5.74) is 0.361. The van der Waals surface area contributed by atoms with Crippen molar-refractivity contribution < 1.29 is 5.11 Å². The summed E-state index contributed by atoms with van der Waals surface area (Å²) in [5.74, 6) is 2.62. The molecule has 4 bridgehead atoms. The van der Waals surface area contributed by atoms with Crippen LogP contribution in [-0.4, -0.2) is 11.2 Å². The Morgan fingerprint density at radius 1 is 0.895 bits per heavy atom. The van der Waals surface area contributed by atoms with E-state index in [0.29, 0.717) is 11.3 Å². The van der Waals surface area contributed by atoms with Crippen molar-refractivity contribution in [2.75, 3.05) is 0 Å². The van der Waals surface area contributed by atoms with Gasteiger partial charge in [0.05, 0.1) is 6.10 Å². The normalized spacial score (nSPS) is 43.9. The maximum absolute atomic E-state index is 10.7. The number of aliphatic hydroxyl groups is 1. The van der Waals surface area contributed by atoms with E-state index in [2.05, 4.69) is 6.92 Å². The van der Waals surface area contributed by atoms with Gasteiger partial charge in [0, 0.05) is 0 Å². The van der Waals surface area contributed by atoms with Gasteiger partial charge in [-0.05, 0) is 61.7 Å². The minimum absolute atomic E-state index is 0.0518. The van der Waals surface area contributed by atoms with E-state index in [9.17, 15) is 5.11 Å². The van der Waals surface area contributed by atoms with E-state index in [1.165, 1.54) is 77.0 Å². The molecule has 4 saturated carbocycles. The number of hydrogen-bond donors (Lipinski definition) is 1. The lowest BCUT2D eigenvalue weighted by molar-refractivity contribution is -0.159. The molecule has 4 fully saturated rings. The molecule has 1 N–H and O–H groups in total. The van der Waals surface area contributed by atoms with E-state index in [1.807, 2.05) is 0 Å². The average Bonchev–Trinajstić information content (AvgIpc) is 2.39. The van der Waals surface area contributed by atoms with Crippen LogP contribution in [0.25, 0.3) is 0 Å². The Hall–Kier alpha value is -0.0400. The zero-order valence-electron chi connectivity index (χ0n) is 12.7. The molecule has 0 radical (unpaired) electrons. The van der Waals surface area contributed by atoms with Gasteiger partial charge >= 0.3 is 0 Å². The summed E-state index contributed by atoms with van der Waals surface area (Å²) in [6.45, 7) is 2.28. The zero-order valence-corrected chi connectivity index (χ0v) is 12.7. The average molecular weight is 264 g/mol. The molecule has 0 aromatic heterocycles. The molecule has 4 aliphatic rings. The Balaban J connectivity index is 1.49. The fourth-order valence-electron chi connectivity index (χ4n) is 5.79. The van der Waals surface area contributed by atoms with Gasteiger partial charge in [-0.25, -0.2) is 0 Å². The molecule has 4 aliphatic carbocycles. The SMILES string of the molecule is CCCCCCCCC12C[C@@H]3CC(C[C@@H](C3)C1)C2O. The maximum atomic E-state index is 10.7. The van der Waals surface area contributed by atoms with E-state index in [1.54, 1.807) is 0 Å². The van der Waals surface area contributed by atoms with Crippen LogP contribution >= 0.6 is 0 Å². The molecule has 0 amide bonds. The van der Waals surface area contributed by atoms with Crippen LogP contribution in [0.1, 0.15) is 84.0 Å². The summed E-state index contributed by atoms with van der Waals surface area (Å²) in [5, 5.41) is 10.7. The fourth-order valence-corrected chi connectivity index (χ4v) is 5.79. The van der Waals surface area contributed by atoms with Gasteiger partial charge in [0.15, 0.2) is 0 Å².